The summed E-state index contributed by atoms with van der Waals surface area (Å²) < 4.78 is 2.23. The van der Waals surface area contributed by atoms with Gasteiger partial charge in [0.15, 0.2) is 0 Å². The second kappa shape index (κ2) is 10.3. The molecule has 0 saturated carbocycles. The molecule has 0 spiro atoms. The van der Waals surface area contributed by atoms with Crippen LogP contribution in [0.25, 0.3) is 82.7 Å². The van der Waals surface area contributed by atoms with E-state index >= 15 is 0 Å². The molecule has 3 heteroatoms. The molecule has 9 aromatic rings. The molecule has 0 saturated heterocycles. The van der Waals surface area contributed by atoms with E-state index in [1.54, 1.807) is 6.20 Å². The maximum atomic E-state index is 5.00. The average Bonchev–Trinajstić information content (AvgIpc) is 3.51. The normalized spacial score (nSPS) is 11.6. The van der Waals surface area contributed by atoms with Gasteiger partial charge in [-0.1, -0.05) is 109 Å². The second-order valence-electron chi connectivity index (χ2n) is 11.5. The van der Waals surface area contributed by atoms with Gasteiger partial charge in [0.2, 0.25) is 0 Å². The molecule has 0 radical (unpaired) electrons. The van der Waals surface area contributed by atoms with E-state index in [4.69, 9.17) is 4.98 Å². The van der Waals surface area contributed by atoms with Gasteiger partial charge in [0, 0.05) is 23.6 Å². The lowest BCUT2D eigenvalue weighted by molar-refractivity contribution is 1.10. The van der Waals surface area contributed by atoms with Gasteiger partial charge in [-0.3, -0.25) is 9.55 Å². The van der Waals surface area contributed by atoms with Crippen LogP contribution in [-0.2, 0) is 0 Å². The Hall–Kier alpha value is -6.06. The molecule has 3 nitrogen and oxygen atoms in total. The van der Waals surface area contributed by atoms with Crippen molar-refractivity contribution in [1.29, 1.82) is 0 Å². The molecular weight excluding hydrogens is 546 g/mol. The highest BCUT2D eigenvalue weighted by molar-refractivity contribution is 6.21. The summed E-state index contributed by atoms with van der Waals surface area (Å²) in [6.07, 6.45) is 3.67. The third-order valence-corrected chi connectivity index (χ3v) is 8.86. The maximum Gasteiger partial charge on any atom is 0.147 e. The van der Waals surface area contributed by atoms with Crippen LogP contribution in [0, 0.1) is 0 Å². The van der Waals surface area contributed by atoms with Crippen molar-refractivity contribution in [3.8, 4) is 39.3 Å². The summed E-state index contributed by atoms with van der Waals surface area (Å²) in [6, 6.07) is 54.3. The Morgan fingerprint density at radius 2 is 1.04 bits per heavy atom. The number of benzene rings is 7. The summed E-state index contributed by atoms with van der Waals surface area (Å²) in [4.78, 5) is 9.37. The van der Waals surface area contributed by atoms with Gasteiger partial charge in [-0.25, -0.2) is 4.98 Å². The van der Waals surface area contributed by atoms with E-state index in [2.05, 4.69) is 149 Å². The van der Waals surface area contributed by atoms with Gasteiger partial charge in [-0.2, -0.15) is 0 Å². The fourth-order valence-electron chi connectivity index (χ4n) is 6.85. The van der Waals surface area contributed by atoms with Gasteiger partial charge in [-0.15, -0.1) is 0 Å². The molecule has 0 aliphatic carbocycles. The van der Waals surface area contributed by atoms with Gasteiger partial charge < -0.3 is 0 Å². The number of aromatic nitrogens is 3. The molecule has 9 rings (SSSR count). The van der Waals surface area contributed by atoms with Crippen molar-refractivity contribution < 1.29 is 0 Å². The van der Waals surface area contributed by atoms with Crippen molar-refractivity contribution in [2.75, 3.05) is 0 Å². The van der Waals surface area contributed by atoms with Crippen molar-refractivity contribution in [3.05, 3.63) is 164 Å². The Labute approximate surface area is 260 Å². The van der Waals surface area contributed by atoms with Crippen LogP contribution < -0.4 is 0 Å². The molecule has 0 unspecified atom stereocenters. The minimum absolute atomic E-state index is 0.882. The van der Waals surface area contributed by atoms with Gasteiger partial charge in [-0.05, 0) is 97.0 Å². The lowest BCUT2D eigenvalue weighted by atomic mass is 9.85. The number of para-hydroxylation sites is 2. The fraction of sp³-hybridized carbons (Fsp3) is 0. The van der Waals surface area contributed by atoms with Gasteiger partial charge >= 0.3 is 0 Å². The third kappa shape index (κ3) is 4.13. The molecule has 2 heterocycles. The van der Waals surface area contributed by atoms with Crippen LogP contribution >= 0.6 is 0 Å². The molecule has 0 aliphatic rings. The van der Waals surface area contributed by atoms with Crippen LogP contribution in [0.5, 0.6) is 0 Å². The minimum Gasteiger partial charge on any atom is -0.292 e. The molecule has 45 heavy (non-hydrogen) atoms. The quantitative estimate of drug-likeness (QED) is 0.196. The summed E-state index contributed by atoms with van der Waals surface area (Å²) in [6.45, 7) is 0. The van der Waals surface area contributed by atoms with Crippen LogP contribution in [0.3, 0.4) is 0 Å². The highest BCUT2D eigenvalue weighted by atomic mass is 15.1. The zero-order valence-corrected chi connectivity index (χ0v) is 24.4. The minimum atomic E-state index is 0.882. The summed E-state index contributed by atoms with van der Waals surface area (Å²) in [7, 11) is 0. The Bertz CT molecular complexity index is 2470. The van der Waals surface area contributed by atoms with Crippen molar-refractivity contribution in [3.63, 3.8) is 0 Å². The van der Waals surface area contributed by atoms with E-state index in [0.717, 1.165) is 28.1 Å². The molecule has 2 aromatic heterocycles. The first kappa shape index (κ1) is 25.4. The van der Waals surface area contributed by atoms with Crippen LogP contribution in [0.2, 0.25) is 0 Å². The summed E-state index contributed by atoms with van der Waals surface area (Å²) in [5, 5.41) is 7.51. The Balaban J connectivity index is 1.26. The molecular formula is C42H27N3. The van der Waals surface area contributed by atoms with Crippen molar-refractivity contribution in [2.45, 2.75) is 0 Å². The molecule has 0 N–H and O–H groups in total. The molecule has 0 bridgehead atoms. The third-order valence-electron chi connectivity index (χ3n) is 8.86. The molecule has 7 aromatic carbocycles. The fourth-order valence-corrected chi connectivity index (χ4v) is 6.85. The monoisotopic (exact) mass is 573 g/mol. The van der Waals surface area contributed by atoms with E-state index < -0.39 is 0 Å². The number of pyridine rings is 1. The summed E-state index contributed by atoms with van der Waals surface area (Å²) in [5.41, 5.74) is 9.02. The molecule has 210 valence electrons. The second-order valence-corrected chi connectivity index (χ2v) is 11.5. The standard InChI is InChI=1S/C42H27N3/c1-2-11-30-26-31(20-19-28(30)10-1)41-36-15-5-3-13-34(36)40(35-14-4-6-16-37(35)41)29-21-23-33(24-22-29)45-39-18-8-7-17-38(39)44-42(45)32-12-9-25-43-27-32/h1-27H. The van der Waals surface area contributed by atoms with Crippen molar-refractivity contribution in [1.82, 2.24) is 14.5 Å². The first-order valence-electron chi connectivity index (χ1n) is 15.2. The first-order valence-corrected chi connectivity index (χ1v) is 15.2. The Morgan fingerprint density at radius 3 is 1.73 bits per heavy atom. The van der Waals surface area contributed by atoms with E-state index in [-0.39, 0.29) is 0 Å². The Morgan fingerprint density at radius 1 is 0.444 bits per heavy atom. The predicted molar refractivity (Wildman–Crippen MR) is 188 cm³/mol. The molecule has 0 fully saturated rings. The molecule has 0 atom stereocenters. The van der Waals surface area contributed by atoms with E-state index in [9.17, 15) is 0 Å². The largest absolute Gasteiger partial charge is 0.292 e. The van der Waals surface area contributed by atoms with E-state index in [1.807, 2.05) is 18.3 Å². The number of hydrogen-bond donors (Lipinski definition) is 0. The van der Waals surface area contributed by atoms with Crippen molar-refractivity contribution >= 4 is 43.4 Å². The first-order chi connectivity index (χ1) is 22.3. The number of hydrogen-bond acceptors (Lipinski definition) is 2. The summed E-state index contributed by atoms with van der Waals surface area (Å²) in [5.74, 6) is 0.882. The van der Waals surface area contributed by atoms with E-state index in [1.165, 1.54) is 54.6 Å². The smallest absolute Gasteiger partial charge is 0.147 e. The highest BCUT2D eigenvalue weighted by Crippen LogP contribution is 2.44. The number of imidazole rings is 1. The van der Waals surface area contributed by atoms with Crippen LogP contribution in [0.4, 0.5) is 0 Å². The predicted octanol–water partition coefficient (Wildman–Crippen LogP) is 10.9. The Kier molecular flexibility index (Phi) is 5.82. The molecule has 0 amide bonds. The van der Waals surface area contributed by atoms with E-state index in [0.29, 0.717) is 0 Å². The maximum absolute atomic E-state index is 5.00. The van der Waals surface area contributed by atoms with Gasteiger partial charge in [0.25, 0.3) is 0 Å². The average molecular weight is 574 g/mol. The van der Waals surface area contributed by atoms with Crippen LogP contribution in [0.1, 0.15) is 0 Å². The zero-order valence-electron chi connectivity index (χ0n) is 24.4. The number of fused-ring (bicyclic) bond motifs is 4. The number of rotatable bonds is 4. The zero-order chi connectivity index (χ0) is 29.7. The number of nitrogens with zero attached hydrogens (tertiary/aromatic N) is 3. The van der Waals surface area contributed by atoms with Gasteiger partial charge in [0.1, 0.15) is 5.82 Å². The lowest BCUT2D eigenvalue weighted by Gasteiger charge is -2.18. The summed E-state index contributed by atoms with van der Waals surface area (Å²) >= 11 is 0. The topological polar surface area (TPSA) is 30.7 Å². The van der Waals surface area contributed by atoms with Crippen LogP contribution in [0.15, 0.2) is 164 Å². The SMILES string of the molecule is c1cncc(-c2nc3ccccc3n2-c2ccc(-c3c4ccccc4c(-c4ccc5ccccc5c4)c4ccccc34)cc2)c1. The van der Waals surface area contributed by atoms with Crippen LogP contribution in [-0.4, -0.2) is 14.5 Å². The molecule has 0 aliphatic heterocycles. The van der Waals surface area contributed by atoms with Crippen molar-refractivity contribution in [2.24, 2.45) is 0 Å². The highest BCUT2D eigenvalue weighted by Gasteiger charge is 2.18. The lowest BCUT2D eigenvalue weighted by Crippen LogP contribution is -1.98. The van der Waals surface area contributed by atoms with Gasteiger partial charge in [0.05, 0.1) is 11.0 Å².